The van der Waals surface area contributed by atoms with Crippen molar-refractivity contribution in [1.82, 2.24) is 9.80 Å². The van der Waals surface area contributed by atoms with Gasteiger partial charge in [0.15, 0.2) is 34.5 Å². The fraction of sp³-hybridized carbons (Fsp3) is 0.581. The molecule has 0 aromatic heterocycles. The molecule has 0 spiro atoms. The Morgan fingerprint density at radius 3 is 1.30 bits per heavy atom. The third kappa shape index (κ3) is 14.7. The molecule has 334 valence electrons. The number of hydrogen-bond acceptors (Lipinski definition) is 15. The van der Waals surface area contributed by atoms with E-state index in [0.717, 1.165) is 73.9 Å². The number of benzene rings is 3. The fourth-order valence-corrected chi connectivity index (χ4v) is 7.45. The maximum Gasteiger partial charge on any atom is 0.264 e. The van der Waals surface area contributed by atoms with Gasteiger partial charge in [0.1, 0.15) is 39.6 Å². The second-order valence-electron chi connectivity index (χ2n) is 15.5. The average Bonchev–Trinajstić information content (AvgIpc) is 3.21. The first kappa shape index (κ1) is 51.6. The lowest BCUT2D eigenvalue weighted by molar-refractivity contribution is 0.0673. The number of nitrogens with zero attached hydrogens (tertiary/aromatic N) is 2. The lowest BCUT2D eigenvalue weighted by atomic mass is 9.95. The van der Waals surface area contributed by atoms with Crippen LogP contribution in [0.15, 0.2) is 54.6 Å². The predicted molar refractivity (Wildman–Crippen MR) is 235 cm³/mol. The molecule has 5 aliphatic heterocycles. The summed E-state index contributed by atoms with van der Waals surface area (Å²) in [5.41, 5.74) is 8.41. The molecule has 0 unspecified atom stereocenters. The van der Waals surface area contributed by atoms with Crippen LogP contribution in [-0.2, 0) is 14.3 Å². The molecule has 5 aliphatic rings. The summed E-state index contributed by atoms with van der Waals surface area (Å²) in [5, 5.41) is 31.0. The molecule has 6 radical (unpaired) electrons. The fourth-order valence-electron chi connectivity index (χ4n) is 6.99. The predicted octanol–water partition coefficient (Wildman–Crippen LogP) is 3.34. The average molecular weight is 868 g/mol. The number of likely N-dealkylation sites (tertiary alicyclic amines) is 2. The molecule has 6 atom stereocenters. The summed E-state index contributed by atoms with van der Waals surface area (Å²) >= 11 is 0. The van der Waals surface area contributed by atoms with Crippen molar-refractivity contribution < 1.29 is 56.3 Å². The molecule has 3 aromatic rings. The van der Waals surface area contributed by atoms with Crippen LogP contribution in [0.3, 0.4) is 0 Å². The van der Waals surface area contributed by atoms with Gasteiger partial charge >= 0.3 is 0 Å². The van der Waals surface area contributed by atoms with Crippen molar-refractivity contribution in [2.75, 3.05) is 91.8 Å². The molecule has 0 saturated carbocycles. The normalized spacial score (nSPS) is 19.2. The van der Waals surface area contributed by atoms with Crippen molar-refractivity contribution in [3.8, 4) is 34.5 Å². The zero-order valence-corrected chi connectivity index (χ0v) is 35.6. The van der Waals surface area contributed by atoms with E-state index >= 15 is 0 Å². The molecule has 5 N–H and O–H groups in total. The first-order valence-corrected chi connectivity index (χ1v) is 21.9. The highest BCUT2D eigenvalue weighted by atomic mass is 32.2. The van der Waals surface area contributed by atoms with E-state index in [9.17, 15) is 23.7 Å². The lowest BCUT2D eigenvalue weighted by Gasteiger charge is -2.34. The van der Waals surface area contributed by atoms with Crippen LogP contribution in [0, 0.1) is 11.8 Å². The molecule has 61 heavy (non-hydrogen) atoms. The zero-order chi connectivity index (χ0) is 41.2. The van der Waals surface area contributed by atoms with E-state index in [4.69, 9.17) is 38.3 Å². The van der Waals surface area contributed by atoms with E-state index in [2.05, 4.69) is 16.7 Å². The molecular formula is C43H63B2N3O12S. The standard InChI is InChI=1S/C15H21NO3.C14H20N2O3.C13H18O6S.CH4.2B/c1-11(10-16-5-2-6-16)15(17)12-3-4-13-14(9-12)19-8-7-18-13;15-11(9-16-4-1-5-16)14(17)10-2-3-12-13(8-10)19-7-6-18-12;1-9(8-19-20(2,15)16)13(14)10-3-4-11-12(7-10)18-6-5-17-11;;;/h3-4,9,11,15,17H,2,5-8,10H2,1H3;2-3,8,11,14,17H,1,4-7,9,15H2;3-4,7,9,13-14H,5-6,8H2,1-2H3;1H4;;/t11-,15+;11-,14-;9-,13+;;;/m111.../s1. The molecule has 5 heterocycles. The highest BCUT2D eigenvalue weighted by molar-refractivity contribution is 7.85. The van der Waals surface area contributed by atoms with Crippen molar-refractivity contribution in [1.29, 1.82) is 0 Å². The Morgan fingerprint density at radius 1 is 0.590 bits per heavy atom. The van der Waals surface area contributed by atoms with Crippen LogP contribution in [-0.4, -0.2) is 148 Å². The van der Waals surface area contributed by atoms with Gasteiger partial charge in [-0.1, -0.05) is 39.5 Å². The molecule has 0 aliphatic carbocycles. The lowest BCUT2D eigenvalue weighted by Crippen LogP contribution is -2.47. The summed E-state index contributed by atoms with van der Waals surface area (Å²) in [7, 11) is -3.51. The van der Waals surface area contributed by atoms with E-state index in [-0.39, 0.29) is 48.7 Å². The van der Waals surface area contributed by atoms with E-state index in [1.807, 2.05) is 36.4 Å². The summed E-state index contributed by atoms with van der Waals surface area (Å²) in [5.74, 6) is 4.04. The minimum atomic E-state index is -3.51. The van der Waals surface area contributed by atoms with Crippen LogP contribution in [0.1, 0.15) is 69.1 Å². The van der Waals surface area contributed by atoms with Crippen molar-refractivity contribution in [2.45, 2.75) is 58.5 Å². The van der Waals surface area contributed by atoms with Gasteiger partial charge in [0.05, 0.1) is 31.2 Å². The van der Waals surface area contributed by atoms with Crippen LogP contribution in [0.2, 0.25) is 0 Å². The number of aliphatic hydroxyl groups is 3. The third-order valence-corrected chi connectivity index (χ3v) is 11.2. The van der Waals surface area contributed by atoms with Crippen molar-refractivity contribution in [3.05, 3.63) is 71.3 Å². The van der Waals surface area contributed by atoms with E-state index < -0.39 is 28.4 Å². The maximum atomic E-state index is 10.9. The van der Waals surface area contributed by atoms with Gasteiger partial charge in [-0.05, 0) is 98.0 Å². The smallest absolute Gasteiger partial charge is 0.264 e. The van der Waals surface area contributed by atoms with E-state index in [1.165, 1.54) is 12.8 Å². The van der Waals surface area contributed by atoms with Gasteiger partial charge in [-0.2, -0.15) is 8.42 Å². The second kappa shape index (κ2) is 24.2. The van der Waals surface area contributed by atoms with E-state index in [1.54, 1.807) is 25.1 Å². The highest BCUT2D eigenvalue weighted by Crippen LogP contribution is 2.37. The monoisotopic (exact) mass is 867 g/mol. The van der Waals surface area contributed by atoms with Gasteiger partial charge in [-0.15, -0.1) is 0 Å². The number of aliphatic hydroxyl groups excluding tert-OH is 3. The Bertz CT molecular complexity index is 1820. The largest absolute Gasteiger partial charge is 0.486 e. The van der Waals surface area contributed by atoms with Crippen molar-refractivity contribution in [3.63, 3.8) is 0 Å². The number of nitrogens with two attached hydrogens (primary N) is 1. The zero-order valence-electron chi connectivity index (χ0n) is 34.8. The van der Waals surface area contributed by atoms with Gasteiger partial charge < -0.3 is 59.3 Å². The SMILES string of the molecule is C.C[C@H](CN1CCC1)[C@H](O)c1ccc2c(c1)OCCO2.C[C@H](COS(C)(=O)=O)[C@H](O)c1ccc2c(c1)OCCO2.N[C@H](CN1CCC1)[C@H](O)c1ccc2c(c1)OCCO2.[B].[B]. The minimum Gasteiger partial charge on any atom is -0.486 e. The van der Waals surface area contributed by atoms with Gasteiger partial charge in [-0.3, -0.25) is 4.18 Å². The van der Waals surface area contributed by atoms with Gasteiger partial charge in [0, 0.05) is 41.9 Å². The Hall–Kier alpha value is -3.74. The second-order valence-corrected chi connectivity index (χ2v) is 17.1. The number of fused-ring (bicyclic) bond motifs is 3. The highest BCUT2D eigenvalue weighted by Gasteiger charge is 2.26. The molecule has 8 rings (SSSR count). The van der Waals surface area contributed by atoms with E-state index in [0.29, 0.717) is 62.5 Å². The molecule has 2 fully saturated rings. The third-order valence-electron chi connectivity index (χ3n) is 10.7. The number of hydrogen-bond donors (Lipinski definition) is 4. The Kier molecular flexibility index (Phi) is 20.5. The van der Waals surface area contributed by atoms with Crippen LogP contribution in [0.4, 0.5) is 0 Å². The number of rotatable bonds is 13. The molecule has 3 aromatic carbocycles. The van der Waals surface area contributed by atoms with Crippen LogP contribution < -0.4 is 34.2 Å². The number of ether oxygens (including phenoxy) is 6. The molecule has 15 nitrogen and oxygen atoms in total. The van der Waals surface area contributed by atoms with Gasteiger partial charge in [-0.25, -0.2) is 0 Å². The van der Waals surface area contributed by atoms with Crippen LogP contribution in [0.25, 0.3) is 0 Å². The molecule has 2 saturated heterocycles. The first-order chi connectivity index (χ1) is 27.8. The summed E-state index contributed by atoms with van der Waals surface area (Å²) in [4.78, 5) is 4.64. The summed E-state index contributed by atoms with van der Waals surface area (Å²) in [6.45, 7) is 13.2. The summed E-state index contributed by atoms with van der Waals surface area (Å²) in [6.07, 6.45) is 1.54. The molecule has 18 heteroatoms. The molecule has 0 amide bonds. The van der Waals surface area contributed by atoms with Crippen molar-refractivity contribution >= 4 is 26.9 Å². The van der Waals surface area contributed by atoms with Gasteiger partial charge in [0.25, 0.3) is 10.1 Å². The Balaban J connectivity index is 0.000000238. The molecular weight excluding hydrogens is 804 g/mol. The summed E-state index contributed by atoms with van der Waals surface area (Å²) < 4.78 is 59.5. The summed E-state index contributed by atoms with van der Waals surface area (Å²) in [6, 6.07) is 16.2. The topological polar surface area (TPSA) is 192 Å². The van der Waals surface area contributed by atoms with Crippen LogP contribution in [0.5, 0.6) is 34.5 Å². The maximum absolute atomic E-state index is 10.9. The van der Waals surface area contributed by atoms with Crippen LogP contribution >= 0.6 is 0 Å². The molecule has 0 bridgehead atoms. The quantitative estimate of drug-likeness (QED) is 0.144. The van der Waals surface area contributed by atoms with Gasteiger partial charge in [0.2, 0.25) is 0 Å². The van der Waals surface area contributed by atoms with Crippen molar-refractivity contribution in [2.24, 2.45) is 17.6 Å². The minimum absolute atomic E-state index is 0. The first-order valence-electron chi connectivity index (χ1n) is 20.1. The Morgan fingerprint density at radius 2 is 0.934 bits per heavy atom. The Labute approximate surface area is 365 Å².